The van der Waals surface area contributed by atoms with Gasteiger partial charge in [0, 0.05) is 6.20 Å². The van der Waals surface area contributed by atoms with E-state index < -0.39 is 10.1 Å². The number of pyridine rings is 1. The molecule has 0 unspecified atom stereocenters. The Hall–Kier alpha value is -1.14. The normalized spacial score (nSPS) is 11.5. The number of rotatable bonds is 2. The number of hydrogen-bond donors (Lipinski definition) is 2. The predicted molar refractivity (Wildman–Crippen MR) is 47.8 cm³/mol. The topological polar surface area (TPSA) is 93.3 Å². The van der Waals surface area contributed by atoms with Crippen LogP contribution in [-0.4, -0.2) is 18.0 Å². The van der Waals surface area contributed by atoms with Crippen molar-refractivity contribution in [3.63, 3.8) is 0 Å². The molecule has 0 saturated heterocycles. The molecule has 72 valence electrons. The van der Waals surface area contributed by atoms with E-state index in [0.29, 0.717) is 12.1 Å². The Bertz CT molecular complexity index is 414. The van der Waals surface area contributed by atoms with Crippen molar-refractivity contribution in [2.75, 3.05) is 5.73 Å². The van der Waals surface area contributed by atoms with Crippen molar-refractivity contribution in [2.45, 2.75) is 18.2 Å². The Kier molecular flexibility index (Phi) is 2.53. The van der Waals surface area contributed by atoms with Gasteiger partial charge in [0.05, 0.1) is 11.4 Å². The molecule has 5 nitrogen and oxygen atoms in total. The summed E-state index contributed by atoms with van der Waals surface area (Å²) in [6.07, 6.45) is 1.83. The highest BCUT2D eigenvalue weighted by molar-refractivity contribution is 7.86. The van der Waals surface area contributed by atoms with Gasteiger partial charge in [-0.3, -0.25) is 9.54 Å². The van der Waals surface area contributed by atoms with E-state index in [9.17, 15) is 8.42 Å². The minimum absolute atomic E-state index is 0.0208. The number of nitrogens with zero attached hydrogens (tertiary/aromatic N) is 1. The van der Waals surface area contributed by atoms with Crippen LogP contribution in [0, 0.1) is 0 Å². The van der Waals surface area contributed by atoms with Gasteiger partial charge in [0.25, 0.3) is 10.1 Å². The first-order valence-electron chi connectivity index (χ1n) is 3.67. The van der Waals surface area contributed by atoms with Crippen molar-refractivity contribution >= 4 is 15.8 Å². The first kappa shape index (κ1) is 9.94. The van der Waals surface area contributed by atoms with Gasteiger partial charge in [-0.05, 0) is 12.5 Å². The Morgan fingerprint density at radius 2 is 2.23 bits per heavy atom. The van der Waals surface area contributed by atoms with Crippen LogP contribution in [0.4, 0.5) is 5.69 Å². The number of nitrogens with two attached hydrogens (primary N) is 1. The maximum Gasteiger partial charge on any atom is 0.296 e. The predicted octanol–water partition coefficient (Wildman–Crippen LogP) is 0.473. The maximum atomic E-state index is 10.8. The summed E-state index contributed by atoms with van der Waals surface area (Å²) in [5.41, 5.74) is 5.97. The molecule has 0 amide bonds. The Morgan fingerprint density at radius 3 is 2.69 bits per heavy atom. The van der Waals surface area contributed by atoms with E-state index in [1.54, 1.807) is 6.92 Å². The number of hydrogen-bond acceptors (Lipinski definition) is 4. The minimum Gasteiger partial charge on any atom is -0.396 e. The lowest BCUT2D eigenvalue weighted by molar-refractivity contribution is 0.483. The lowest BCUT2D eigenvalue weighted by Crippen LogP contribution is -2.06. The minimum atomic E-state index is -4.23. The lowest BCUT2D eigenvalue weighted by Gasteiger charge is -2.05. The molecule has 1 aromatic heterocycles. The maximum absolute atomic E-state index is 10.8. The van der Waals surface area contributed by atoms with Gasteiger partial charge in [0.2, 0.25) is 0 Å². The fourth-order valence-electron chi connectivity index (χ4n) is 1.00. The van der Waals surface area contributed by atoms with Crippen molar-refractivity contribution in [1.82, 2.24) is 4.98 Å². The van der Waals surface area contributed by atoms with Crippen molar-refractivity contribution < 1.29 is 13.0 Å². The monoisotopic (exact) mass is 202 g/mol. The molecule has 0 saturated carbocycles. The fourth-order valence-corrected chi connectivity index (χ4v) is 1.63. The average Bonchev–Trinajstić information content (AvgIpc) is 2.02. The second-order valence-corrected chi connectivity index (χ2v) is 3.89. The van der Waals surface area contributed by atoms with Crippen molar-refractivity contribution in [1.29, 1.82) is 0 Å². The third-order valence-electron chi connectivity index (χ3n) is 1.65. The molecule has 0 aliphatic rings. The van der Waals surface area contributed by atoms with Crippen LogP contribution in [0.15, 0.2) is 17.2 Å². The summed E-state index contributed by atoms with van der Waals surface area (Å²) in [7, 11) is -4.23. The summed E-state index contributed by atoms with van der Waals surface area (Å²) in [6, 6.07) is 1.17. The van der Waals surface area contributed by atoms with Crippen molar-refractivity contribution in [2.24, 2.45) is 0 Å². The molecule has 0 radical (unpaired) electrons. The van der Waals surface area contributed by atoms with Crippen LogP contribution >= 0.6 is 0 Å². The molecule has 1 aromatic rings. The Morgan fingerprint density at radius 1 is 1.62 bits per heavy atom. The van der Waals surface area contributed by atoms with Crippen molar-refractivity contribution in [3.8, 4) is 0 Å². The molecule has 1 rings (SSSR count). The fraction of sp³-hybridized carbons (Fsp3) is 0.286. The molecule has 6 heteroatoms. The number of aromatic nitrogens is 1. The van der Waals surface area contributed by atoms with Gasteiger partial charge in [0.1, 0.15) is 4.90 Å². The smallest absolute Gasteiger partial charge is 0.296 e. The molecule has 0 fully saturated rings. The Labute approximate surface area is 76.3 Å². The summed E-state index contributed by atoms with van der Waals surface area (Å²) >= 11 is 0. The molecule has 3 N–H and O–H groups in total. The van der Waals surface area contributed by atoms with Gasteiger partial charge >= 0.3 is 0 Å². The highest BCUT2D eigenvalue weighted by atomic mass is 32.2. The third-order valence-corrected chi connectivity index (χ3v) is 2.56. The zero-order valence-corrected chi connectivity index (χ0v) is 7.87. The van der Waals surface area contributed by atoms with Gasteiger partial charge in [-0.15, -0.1) is 0 Å². The van der Waals surface area contributed by atoms with Crippen LogP contribution in [0.1, 0.15) is 12.6 Å². The van der Waals surface area contributed by atoms with E-state index in [2.05, 4.69) is 4.98 Å². The molecule has 0 atom stereocenters. The van der Waals surface area contributed by atoms with Crippen LogP contribution in [0.25, 0.3) is 0 Å². The van der Waals surface area contributed by atoms with Crippen LogP contribution in [-0.2, 0) is 16.5 Å². The van der Waals surface area contributed by atoms with Gasteiger partial charge < -0.3 is 5.73 Å². The quantitative estimate of drug-likeness (QED) is 0.680. The van der Waals surface area contributed by atoms with E-state index in [1.165, 1.54) is 12.3 Å². The molecule has 0 spiro atoms. The largest absolute Gasteiger partial charge is 0.396 e. The molecule has 0 aliphatic carbocycles. The lowest BCUT2D eigenvalue weighted by atomic mass is 10.2. The zero-order chi connectivity index (χ0) is 10.1. The third kappa shape index (κ3) is 1.96. The van der Waals surface area contributed by atoms with Crippen LogP contribution in [0.2, 0.25) is 0 Å². The second-order valence-electron chi connectivity index (χ2n) is 2.50. The number of aryl methyl sites for hydroxylation is 1. The highest BCUT2D eigenvalue weighted by Gasteiger charge is 2.15. The van der Waals surface area contributed by atoms with Gasteiger partial charge in [-0.1, -0.05) is 6.92 Å². The highest BCUT2D eigenvalue weighted by Crippen LogP contribution is 2.20. The van der Waals surface area contributed by atoms with Gasteiger partial charge in [0.15, 0.2) is 0 Å². The first-order chi connectivity index (χ1) is 5.96. The first-order valence-corrected chi connectivity index (χ1v) is 5.11. The summed E-state index contributed by atoms with van der Waals surface area (Å²) in [5, 5.41) is 0. The van der Waals surface area contributed by atoms with Crippen LogP contribution in [0.3, 0.4) is 0 Å². The summed E-state index contributed by atoms with van der Waals surface area (Å²) < 4.78 is 30.3. The van der Waals surface area contributed by atoms with E-state index in [0.717, 1.165) is 0 Å². The van der Waals surface area contributed by atoms with Crippen LogP contribution in [0.5, 0.6) is 0 Å². The summed E-state index contributed by atoms with van der Waals surface area (Å²) in [5.74, 6) is 0. The van der Waals surface area contributed by atoms with E-state index in [1.807, 2.05) is 0 Å². The molecule has 1 heterocycles. The van der Waals surface area contributed by atoms with Crippen LogP contribution < -0.4 is 5.73 Å². The average molecular weight is 202 g/mol. The molecule has 13 heavy (non-hydrogen) atoms. The van der Waals surface area contributed by atoms with Gasteiger partial charge in [-0.25, -0.2) is 0 Å². The second kappa shape index (κ2) is 3.31. The summed E-state index contributed by atoms with van der Waals surface area (Å²) in [4.78, 5) is 3.59. The molecule has 0 bridgehead atoms. The Balaban J connectivity index is 3.41. The SMILES string of the molecule is CCc1nccc(S(=O)(=O)O)c1N. The van der Waals surface area contributed by atoms with E-state index in [-0.39, 0.29) is 10.6 Å². The van der Waals surface area contributed by atoms with Crippen molar-refractivity contribution in [3.05, 3.63) is 18.0 Å². The molecule has 0 aromatic carbocycles. The van der Waals surface area contributed by atoms with Gasteiger partial charge in [-0.2, -0.15) is 8.42 Å². The summed E-state index contributed by atoms with van der Waals surface area (Å²) in [6.45, 7) is 1.80. The molecular formula is C7H10N2O3S. The molecular weight excluding hydrogens is 192 g/mol. The number of nitrogen functional groups attached to an aromatic ring is 1. The molecule has 0 aliphatic heterocycles. The van der Waals surface area contributed by atoms with E-state index >= 15 is 0 Å². The van der Waals surface area contributed by atoms with E-state index in [4.69, 9.17) is 10.3 Å². The zero-order valence-electron chi connectivity index (χ0n) is 7.06. The number of anilines is 1. The standard InChI is InChI=1S/C7H10N2O3S/c1-2-5-7(8)6(3-4-9-5)13(10,11)12/h3-4H,2,8H2,1H3,(H,10,11,12).